The van der Waals surface area contributed by atoms with Crippen LogP contribution in [-0.2, 0) is 0 Å². The Hall–Kier alpha value is -3.62. The van der Waals surface area contributed by atoms with Gasteiger partial charge >= 0.3 is 0 Å². The van der Waals surface area contributed by atoms with E-state index in [1.165, 1.54) is 0 Å². The minimum atomic E-state index is -0.0395. The van der Waals surface area contributed by atoms with E-state index in [1.807, 2.05) is 36.2 Å². The van der Waals surface area contributed by atoms with Crippen LogP contribution in [0, 0.1) is 6.92 Å². The molecule has 0 radical (unpaired) electrons. The second kappa shape index (κ2) is 8.40. The zero-order valence-electron chi connectivity index (χ0n) is 17.3. The normalized spacial score (nSPS) is 14.0. The van der Waals surface area contributed by atoms with Gasteiger partial charge < -0.3 is 19.3 Å². The molecule has 30 heavy (non-hydrogen) atoms. The maximum atomic E-state index is 12.9. The molecule has 156 valence electrons. The average molecular weight is 408 g/mol. The molecule has 1 amide bonds. The number of carbonyl (C=O) groups is 1. The molecule has 1 fully saturated rings. The predicted octanol–water partition coefficient (Wildman–Crippen LogP) is 1.95. The van der Waals surface area contributed by atoms with Gasteiger partial charge in [-0.1, -0.05) is 0 Å². The van der Waals surface area contributed by atoms with E-state index in [2.05, 4.69) is 20.2 Å². The molecule has 1 aliphatic rings. The van der Waals surface area contributed by atoms with Crippen LogP contribution in [0.25, 0.3) is 5.82 Å². The lowest BCUT2D eigenvalue weighted by atomic mass is 10.1. The summed E-state index contributed by atoms with van der Waals surface area (Å²) in [6, 6.07) is 11.0. The number of aryl methyl sites for hydroxylation is 1. The number of hydrogen-bond acceptors (Lipinski definition) is 7. The number of methoxy groups -OCH3 is 2. The molecule has 3 aromatic rings. The Morgan fingerprint density at radius 3 is 2.07 bits per heavy atom. The first-order valence-electron chi connectivity index (χ1n) is 9.71. The lowest BCUT2D eigenvalue weighted by Crippen LogP contribution is -2.49. The number of piperazine rings is 1. The molecule has 9 nitrogen and oxygen atoms in total. The molecule has 0 N–H and O–H groups in total. The van der Waals surface area contributed by atoms with Gasteiger partial charge in [0.1, 0.15) is 11.5 Å². The third-order valence-corrected chi connectivity index (χ3v) is 5.08. The first-order valence-corrected chi connectivity index (χ1v) is 9.71. The van der Waals surface area contributed by atoms with Crippen molar-refractivity contribution in [1.82, 2.24) is 24.9 Å². The van der Waals surface area contributed by atoms with E-state index >= 15 is 0 Å². The number of ether oxygens (including phenoxy) is 2. The van der Waals surface area contributed by atoms with Gasteiger partial charge in [0.2, 0.25) is 0 Å². The van der Waals surface area contributed by atoms with Crippen LogP contribution in [0.5, 0.6) is 11.5 Å². The van der Waals surface area contributed by atoms with Gasteiger partial charge in [0, 0.05) is 44.0 Å². The molecule has 1 aliphatic heterocycles. The summed E-state index contributed by atoms with van der Waals surface area (Å²) in [5, 5.41) is 13.0. The molecule has 1 saturated heterocycles. The highest BCUT2D eigenvalue weighted by Crippen LogP contribution is 2.24. The molecule has 2 aromatic heterocycles. The standard InChI is InChI=1S/C21H24N6O3/c1-15-6-7-27(24-15)20-5-4-19(22-23-20)25-8-10-26(11-9-25)21(28)16-12-17(29-2)14-18(13-16)30-3/h4-7,12-14H,8-11H2,1-3H3. The van der Waals surface area contributed by atoms with Crippen LogP contribution in [0.15, 0.2) is 42.6 Å². The Morgan fingerprint density at radius 2 is 1.53 bits per heavy atom. The summed E-state index contributed by atoms with van der Waals surface area (Å²) >= 11 is 0. The molecular weight excluding hydrogens is 384 g/mol. The van der Waals surface area contributed by atoms with E-state index in [1.54, 1.807) is 37.1 Å². The molecule has 9 heteroatoms. The lowest BCUT2D eigenvalue weighted by molar-refractivity contribution is 0.0745. The minimum absolute atomic E-state index is 0.0395. The number of rotatable bonds is 5. The summed E-state index contributed by atoms with van der Waals surface area (Å²) < 4.78 is 12.2. The molecule has 0 atom stereocenters. The van der Waals surface area contributed by atoms with E-state index < -0.39 is 0 Å². The topological polar surface area (TPSA) is 85.6 Å². The van der Waals surface area contributed by atoms with Crippen molar-refractivity contribution in [3.8, 4) is 17.3 Å². The highest BCUT2D eigenvalue weighted by molar-refractivity contribution is 5.95. The van der Waals surface area contributed by atoms with Gasteiger partial charge in [-0.15, -0.1) is 10.2 Å². The third-order valence-electron chi connectivity index (χ3n) is 5.08. The largest absolute Gasteiger partial charge is 0.497 e. The molecule has 1 aromatic carbocycles. The highest BCUT2D eigenvalue weighted by Gasteiger charge is 2.24. The molecular formula is C21H24N6O3. The third kappa shape index (κ3) is 4.05. The maximum Gasteiger partial charge on any atom is 0.254 e. The Bertz CT molecular complexity index is 1000. The Balaban J connectivity index is 1.40. The van der Waals surface area contributed by atoms with Gasteiger partial charge in [-0.2, -0.15) is 5.10 Å². The van der Waals surface area contributed by atoms with Crippen LogP contribution in [-0.4, -0.2) is 71.2 Å². The molecule has 0 saturated carbocycles. The van der Waals surface area contributed by atoms with E-state index in [-0.39, 0.29) is 5.91 Å². The van der Waals surface area contributed by atoms with Crippen molar-refractivity contribution in [2.24, 2.45) is 0 Å². The Labute approximate surface area is 174 Å². The van der Waals surface area contributed by atoms with Crippen molar-refractivity contribution in [3.63, 3.8) is 0 Å². The Kier molecular flexibility index (Phi) is 5.51. The second-order valence-electron chi connectivity index (χ2n) is 7.03. The Morgan fingerprint density at radius 1 is 0.900 bits per heavy atom. The van der Waals surface area contributed by atoms with Crippen LogP contribution >= 0.6 is 0 Å². The van der Waals surface area contributed by atoms with Crippen LogP contribution in [0.4, 0.5) is 5.82 Å². The average Bonchev–Trinajstić information content (AvgIpc) is 3.24. The summed E-state index contributed by atoms with van der Waals surface area (Å²) in [4.78, 5) is 16.9. The van der Waals surface area contributed by atoms with Crippen LogP contribution < -0.4 is 14.4 Å². The lowest BCUT2D eigenvalue weighted by Gasteiger charge is -2.35. The summed E-state index contributed by atoms with van der Waals surface area (Å²) in [5.74, 6) is 2.62. The fraction of sp³-hybridized carbons (Fsp3) is 0.333. The summed E-state index contributed by atoms with van der Waals surface area (Å²) in [5.41, 5.74) is 1.48. The molecule has 0 unspecified atom stereocenters. The van der Waals surface area contributed by atoms with Crippen LogP contribution in [0.3, 0.4) is 0 Å². The number of hydrogen-bond donors (Lipinski definition) is 0. The van der Waals surface area contributed by atoms with Crippen molar-refractivity contribution in [2.45, 2.75) is 6.92 Å². The zero-order valence-corrected chi connectivity index (χ0v) is 17.3. The van der Waals surface area contributed by atoms with Crippen LogP contribution in [0.1, 0.15) is 16.1 Å². The van der Waals surface area contributed by atoms with Crippen LogP contribution in [0.2, 0.25) is 0 Å². The number of anilines is 1. The van der Waals surface area contributed by atoms with Crippen molar-refractivity contribution >= 4 is 11.7 Å². The number of carbonyl (C=O) groups excluding carboxylic acids is 1. The zero-order chi connectivity index (χ0) is 21.1. The molecule has 4 rings (SSSR count). The van der Waals surface area contributed by atoms with E-state index in [9.17, 15) is 4.79 Å². The van der Waals surface area contributed by atoms with E-state index in [4.69, 9.17) is 9.47 Å². The van der Waals surface area contributed by atoms with Gasteiger partial charge in [0.25, 0.3) is 5.91 Å². The van der Waals surface area contributed by atoms with Crippen molar-refractivity contribution in [1.29, 1.82) is 0 Å². The van der Waals surface area contributed by atoms with Crippen molar-refractivity contribution < 1.29 is 14.3 Å². The second-order valence-corrected chi connectivity index (χ2v) is 7.03. The van der Waals surface area contributed by atoms with Crippen molar-refractivity contribution in [3.05, 3.63) is 53.9 Å². The smallest absolute Gasteiger partial charge is 0.254 e. The quantitative estimate of drug-likeness (QED) is 0.638. The first-order chi connectivity index (χ1) is 14.6. The summed E-state index contributed by atoms with van der Waals surface area (Å²) in [6.07, 6.45) is 1.86. The van der Waals surface area contributed by atoms with E-state index in [0.29, 0.717) is 49.1 Å². The van der Waals surface area contributed by atoms with Gasteiger partial charge in [-0.05, 0) is 37.3 Å². The predicted molar refractivity (Wildman–Crippen MR) is 112 cm³/mol. The minimum Gasteiger partial charge on any atom is -0.497 e. The number of nitrogens with zero attached hydrogens (tertiary/aromatic N) is 6. The molecule has 3 heterocycles. The summed E-state index contributed by atoms with van der Waals surface area (Å²) in [6.45, 7) is 4.49. The first kappa shape index (κ1) is 19.7. The van der Waals surface area contributed by atoms with Gasteiger partial charge in [-0.25, -0.2) is 4.68 Å². The van der Waals surface area contributed by atoms with E-state index in [0.717, 1.165) is 11.5 Å². The SMILES string of the molecule is COc1cc(OC)cc(C(=O)N2CCN(c3ccc(-n4ccc(C)n4)nn3)CC2)c1. The summed E-state index contributed by atoms with van der Waals surface area (Å²) in [7, 11) is 3.14. The van der Waals surface area contributed by atoms with Crippen molar-refractivity contribution in [2.75, 3.05) is 45.3 Å². The maximum absolute atomic E-state index is 12.9. The molecule has 0 spiro atoms. The fourth-order valence-electron chi connectivity index (χ4n) is 3.40. The fourth-order valence-corrected chi connectivity index (χ4v) is 3.40. The number of aromatic nitrogens is 4. The molecule has 0 aliphatic carbocycles. The number of benzene rings is 1. The molecule has 0 bridgehead atoms. The number of amides is 1. The monoisotopic (exact) mass is 408 g/mol. The van der Waals surface area contributed by atoms with Gasteiger partial charge in [0.15, 0.2) is 11.6 Å². The van der Waals surface area contributed by atoms with Gasteiger partial charge in [0.05, 0.1) is 19.9 Å². The highest BCUT2D eigenvalue weighted by atomic mass is 16.5. The van der Waals surface area contributed by atoms with Gasteiger partial charge in [-0.3, -0.25) is 4.79 Å².